The first-order chi connectivity index (χ1) is 13.9. The summed E-state index contributed by atoms with van der Waals surface area (Å²) in [5.74, 6) is -0.501. The number of urea groups is 1. The zero-order chi connectivity index (χ0) is 22.2. The van der Waals surface area contributed by atoms with Gasteiger partial charge in [-0.15, -0.1) is 0 Å². The van der Waals surface area contributed by atoms with Crippen molar-refractivity contribution in [3.8, 4) is 0 Å². The van der Waals surface area contributed by atoms with Gasteiger partial charge in [-0.1, -0.05) is 63.2 Å². The molecule has 0 spiro atoms. The molecule has 2 aromatic rings. The Morgan fingerprint density at radius 3 is 2.13 bits per heavy atom. The molecule has 160 valence electrons. The van der Waals surface area contributed by atoms with Gasteiger partial charge in [0.05, 0.1) is 10.6 Å². The van der Waals surface area contributed by atoms with Crippen LogP contribution in [0.5, 0.6) is 0 Å². The predicted molar refractivity (Wildman–Crippen MR) is 116 cm³/mol. The third kappa shape index (κ3) is 4.26. The lowest BCUT2D eigenvalue weighted by Crippen LogP contribution is -2.41. The smallest absolute Gasteiger partial charge is 0.319 e. The van der Waals surface area contributed by atoms with Crippen molar-refractivity contribution in [1.82, 2.24) is 10.2 Å². The predicted octanol–water partition coefficient (Wildman–Crippen LogP) is 3.62. The van der Waals surface area contributed by atoms with E-state index in [4.69, 9.17) is 0 Å². The highest BCUT2D eigenvalue weighted by Gasteiger charge is 2.48. The van der Waals surface area contributed by atoms with Crippen molar-refractivity contribution in [3.05, 3.63) is 65.7 Å². The zero-order valence-corrected chi connectivity index (χ0v) is 18.6. The third-order valence-corrected chi connectivity index (χ3v) is 7.32. The van der Waals surface area contributed by atoms with Crippen LogP contribution in [-0.4, -0.2) is 37.6 Å². The first-order valence-corrected chi connectivity index (χ1v) is 11.6. The van der Waals surface area contributed by atoms with Gasteiger partial charge >= 0.3 is 6.03 Å². The molecular formula is C23H28N2O4S. The molecule has 3 rings (SSSR count). The summed E-state index contributed by atoms with van der Waals surface area (Å²) in [4.78, 5) is 26.9. The number of benzene rings is 2. The molecule has 1 aliphatic rings. The molecule has 1 atom stereocenters. The minimum absolute atomic E-state index is 0.0152. The monoisotopic (exact) mass is 428 g/mol. The molecule has 1 unspecified atom stereocenters. The van der Waals surface area contributed by atoms with Crippen molar-refractivity contribution >= 4 is 21.8 Å². The summed E-state index contributed by atoms with van der Waals surface area (Å²) in [5.41, 5.74) is 0.660. The number of sulfone groups is 1. The molecule has 0 saturated carbocycles. The van der Waals surface area contributed by atoms with E-state index in [1.54, 1.807) is 37.3 Å². The van der Waals surface area contributed by atoms with Crippen LogP contribution in [0.15, 0.2) is 59.5 Å². The van der Waals surface area contributed by atoms with Crippen molar-refractivity contribution in [3.63, 3.8) is 0 Å². The number of imide groups is 1. The Balaban J connectivity index is 1.70. The van der Waals surface area contributed by atoms with Gasteiger partial charge in [-0.25, -0.2) is 13.2 Å². The average molecular weight is 429 g/mol. The van der Waals surface area contributed by atoms with E-state index >= 15 is 0 Å². The van der Waals surface area contributed by atoms with Gasteiger partial charge in [0.1, 0.15) is 5.54 Å². The maximum absolute atomic E-state index is 13.0. The standard InChI is InChI=1S/C23H28N2O4S/c1-22(2,3)17-11-13-18(14-12-17)23(4)20(26)25(21(27)24-23)15-8-16-30(28,29)19-9-6-5-7-10-19/h5-7,9-14H,8,15-16H2,1-4H3,(H,24,27). The van der Waals surface area contributed by atoms with E-state index < -0.39 is 21.4 Å². The van der Waals surface area contributed by atoms with E-state index in [9.17, 15) is 18.0 Å². The molecule has 30 heavy (non-hydrogen) atoms. The number of hydrogen-bond acceptors (Lipinski definition) is 4. The average Bonchev–Trinajstić information content (AvgIpc) is 2.92. The van der Waals surface area contributed by atoms with Crippen molar-refractivity contribution in [2.45, 2.75) is 50.0 Å². The zero-order valence-electron chi connectivity index (χ0n) is 17.8. The number of amides is 3. The van der Waals surface area contributed by atoms with Gasteiger partial charge in [0, 0.05) is 6.54 Å². The molecule has 7 heteroatoms. The summed E-state index contributed by atoms with van der Waals surface area (Å²) < 4.78 is 24.9. The third-order valence-electron chi connectivity index (χ3n) is 5.50. The first-order valence-electron chi connectivity index (χ1n) is 9.98. The topological polar surface area (TPSA) is 83.6 Å². The van der Waals surface area contributed by atoms with Crippen molar-refractivity contribution in [1.29, 1.82) is 0 Å². The van der Waals surface area contributed by atoms with E-state index in [2.05, 4.69) is 26.1 Å². The maximum Gasteiger partial charge on any atom is 0.325 e. The Labute approximate surface area is 178 Å². The summed E-state index contributed by atoms with van der Waals surface area (Å²) in [7, 11) is -3.46. The number of carbonyl (C=O) groups is 2. The molecular weight excluding hydrogens is 400 g/mol. The van der Waals surface area contributed by atoms with E-state index in [1.165, 1.54) is 0 Å². The lowest BCUT2D eigenvalue weighted by Gasteiger charge is -2.24. The van der Waals surface area contributed by atoms with Crippen LogP contribution in [0.4, 0.5) is 4.79 Å². The highest BCUT2D eigenvalue weighted by atomic mass is 32.2. The Morgan fingerprint density at radius 2 is 1.57 bits per heavy atom. The van der Waals surface area contributed by atoms with Crippen LogP contribution in [0.25, 0.3) is 0 Å². The molecule has 1 saturated heterocycles. The summed E-state index contributed by atoms with van der Waals surface area (Å²) in [6, 6.07) is 15.3. The molecule has 0 bridgehead atoms. The molecule has 1 N–H and O–H groups in total. The molecule has 6 nitrogen and oxygen atoms in total. The van der Waals surface area contributed by atoms with Gasteiger partial charge < -0.3 is 5.32 Å². The van der Waals surface area contributed by atoms with E-state index in [-0.39, 0.29) is 34.9 Å². The van der Waals surface area contributed by atoms with Crippen LogP contribution in [0.3, 0.4) is 0 Å². The molecule has 0 aromatic heterocycles. The van der Waals surface area contributed by atoms with E-state index in [0.717, 1.165) is 10.5 Å². The van der Waals surface area contributed by atoms with Gasteiger partial charge in [-0.2, -0.15) is 0 Å². The van der Waals surface area contributed by atoms with Crippen LogP contribution >= 0.6 is 0 Å². The summed E-state index contributed by atoms with van der Waals surface area (Å²) in [5, 5.41) is 2.77. The second kappa shape index (κ2) is 7.87. The van der Waals surface area contributed by atoms with Gasteiger partial charge in [-0.05, 0) is 42.0 Å². The fraction of sp³-hybridized carbons (Fsp3) is 0.391. The van der Waals surface area contributed by atoms with Gasteiger partial charge in [0.2, 0.25) is 0 Å². The van der Waals surface area contributed by atoms with E-state index in [0.29, 0.717) is 5.56 Å². The first kappa shape index (κ1) is 22.0. The lowest BCUT2D eigenvalue weighted by atomic mass is 9.84. The Bertz CT molecular complexity index is 1040. The molecule has 2 aromatic carbocycles. The molecule has 1 fully saturated rings. The molecule has 0 radical (unpaired) electrons. The Hall–Kier alpha value is -2.67. The minimum Gasteiger partial charge on any atom is -0.319 e. The number of carbonyl (C=O) groups excluding carboxylic acids is 2. The highest BCUT2D eigenvalue weighted by Crippen LogP contribution is 2.31. The summed E-state index contributed by atoms with van der Waals surface area (Å²) in [6.07, 6.45) is 0.176. The van der Waals surface area contributed by atoms with Gasteiger partial charge in [0.15, 0.2) is 9.84 Å². The maximum atomic E-state index is 13.0. The number of nitrogens with zero attached hydrogens (tertiary/aromatic N) is 1. The molecule has 1 aliphatic heterocycles. The van der Waals surface area contributed by atoms with Crippen LogP contribution in [-0.2, 0) is 25.6 Å². The van der Waals surface area contributed by atoms with Crippen molar-refractivity contribution < 1.29 is 18.0 Å². The van der Waals surface area contributed by atoms with Crippen LogP contribution in [0.1, 0.15) is 45.2 Å². The van der Waals surface area contributed by atoms with Gasteiger partial charge in [-0.3, -0.25) is 9.69 Å². The minimum atomic E-state index is -3.46. The normalized spacial score (nSPS) is 19.8. The largest absolute Gasteiger partial charge is 0.325 e. The van der Waals surface area contributed by atoms with E-state index in [1.807, 2.05) is 24.3 Å². The fourth-order valence-electron chi connectivity index (χ4n) is 3.56. The summed E-state index contributed by atoms with van der Waals surface area (Å²) >= 11 is 0. The Morgan fingerprint density at radius 1 is 0.967 bits per heavy atom. The fourth-order valence-corrected chi connectivity index (χ4v) is 4.87. The van der Waals surface area contributed by atoms with Crippen LogP contribution in [0, 0.1) is 0 Å². The van der Waals surface area contributed by atoms with Crippen molar-refractivity contribution in [2.24, 2.45) is 0 Å². The SMILES string of the molecule is CC(C)(C)c1ccc(C2(C)NC(=O)N(CCCS(=O)(=O)c3ccccc3)C2=O)cc1. The molecule has 1 heterocycles. The second-order valence-electron chi connectivity index (χ2n) is 8.82. The number of rotatable bonds is 6. The highest BCUT2D eigenvalue weighted by molar-refractivity contribution is 7.91. The summed E-state index contributed by atoms with van der Waals surface area (Å²) in [6.45, 7) is 8.05. The molecule has 0 aliphatic carbocycles. The quantitative estimate of drug-likeness (QED) is 0.713. The number of hydrogen-bond donors (Lipinski definition) is 1. The number of nitrogens with one attached hydrogen (secondary N) is 1. The van der Waals surface area contributed by atoms with Gasteiger partial charge in [0.25, 0.3) is 5.91 Å². The van der Waals surface area contributed by atoms with Crippen LogP contribution < -0.4 is 5.32 Å². The Kier molecular flexibility index (Phi) is 5.78. The van der Waals surface area contributed by atoms with Crippen molar-refractivity contribution in [2.75, 3.05) is 12.3 Å². The van der Waals surface area contributed by atoms with Crippen LogP contribution in [0.2, 0.25) is 0 Å². The lowest BCUT2D eigenvalue weighted by molar-refractivity contribution is -0.131. The second-order valence-corrected chi connectivity index (χ2v) is 10.9. The molecule has 3 amide bonds.